The first kappa shape index (κ1) is 15.7. The van der Waals surface area contributed by atoms with E-state index in [1.165, 1.54) is 13.1 Å². The van der Waals surface area contributed by atoms with E-state index in [1.807, 2.05) is 4.90 Å². The molecule has 2 heterocycles. The number of nitrogens with zero attached hydrogens (tertiary/aromatic N) is 2. The molecule has 1 aromatic rings. The topological polar surface area (TPSA) is 99.6 Å². The Labute approximate surface area is 124 Å². The smallest absolute Gasteiger partial charge is 0.354 e. The Morgan fingerprint density at radius 1 is 1.52 bits per heavy atom. The Kier molecular flexibility index (Phi) is 4.79. The van der Waals surface area contributed by atoms with Crippen LogP contribution >= 0.6 is 0 Å². The van der Waals surface area contributed by atoms with Crippen LogP contribution in [0.4, 0.5) is 5.82 Å². The maximum atomic E-state index is 11.6. The molecule has 2 rings (SSSR count). The molecule has 0 radical (unpaired) electrons. The number of carboxylic acids is 1. The molecule has 1 aliphatic rings. The van der Waals surface area contributed by atoms with Gasteiger partial charge in [-0.3, -0.25) is 0 Å². The summed E-state index contributed by atoms with van der Waals surface area (Å²) in [6, 6.07) is 4.85. The van der Waals surface area contributed by atoms with Crippen LogP contribution in [0.2, 0.25) is 0 Å². The molecule has 1 aromatic heterocycles. The predicted molar refractivity (Wildman–Crippen MR) is 79.0 cm³/mol. The van der Waals surface area contributed by atoms with Crippen molar-refractivity contribution in [1.29, 1.82) is 0 Å². The van der Waals surface area contributed by atoms with E-state index in [1.54, 1.807) is 12.1 Å². The third kappa shape index (κ3) is 4.15. The summed E-state index contributed by atoms with van der Waals surface area (Å²) in [6.45, 7) is 1.32. The van der Waals surface area contributed by atoms with Crippen LogP contribution in [-0.2, 0) is 10.0 Å². The van der Waals surface area contributed by atoms with Crippen molar-refractivity contribution in [3.05, 3.63) is 23.9 Å². The second-order valence-corrected chi connectivity index (χ2v) is 7.10. The summed E-state index contributed by atoms with van der Waals surface area (Å²) in [6.07, 6.45) is 1.71. The first-order valence-electron chi connectivity index (χ1n) is 6.78. The van der Waals surface area contributed by atoms with Crippen molar-refractivity contribution in [3.63, 3.8) is 0 Å². The van der Waals surface area contributed by atoms with E-state index in [2.05, 4.69) is 9.71 Å². The lowest BCUT2D eigenvalue weighted by atomic mass is 10.00. The molecule has 7 nitrogen and oxygen atoms in total. The lowest BCUT2D eigenvalue weighted by Gasteiger charge is -2.33. The van der Waals surface area contributed by atoms with Crippen LogP contribution in [-0.4, -0.2) is 50.4 Å². The van der Waals surface area contributed by atoms with E-state index in [-0.39, 0.29) is 17.4 Å². The Morgan fingerprint density at radius 3 is 2.95 bits per heavy atom. The van der Waals surface area contributed by atoms with Gasteiger partial charge in [0.15, 0.2) is 5.69 Å². The summed E-state index contributed by atoms with van der Waals surface area (Å²) in [4.78, 5) is 17.0. The normalized spacial score (nSPS) is 19.5. The van der Waals surface area contributed by atoms with Crippen LogP contribution in [0.15, 0.2) is 18.2 Å². The third-order valence-corrected chi connectivity index (χ3v) is 5.09. The molecular weight excluding hydrogens is 294 g/mol. The average Bonchev–Trinajstić information content (AvgIpc) is 2.47. The van der Waals surface area contributed by atoms with E-state index in [0.717, 1.165) is 19.4 Å². The summed E-state index contributed by atoms with van der Waals surface area (Å²) in [7, 11) is -1.83. The fourth-order valence-electron chi connectivity index (χ4n) is 2.52. The van der Waals surface area contributed by atoms with E-state index in [4.69, 9.17) is 5.11 Å². The standard InChI is InChI=1S/C13H19N3O4S/c1-14-21(19,20)9-10-4-3-7-16(8-10)12-6-2-5-11(15-12)13(17)18/h2,5-6,10,14H,3-4,7-9H2,1H3,(H,17,18). The fraction of sp³-hybridized carbons (Fsp3) is 0.538. The molecule has 0 spiro atoms. The summed E-state index contributed by atoms with van der Waals surface area (Å²) in [5.74, 6) is -0.380. The van der Waals surface area contributed by atoms with Gasteiger partial charge in [0.2, 0.25) is 10.0 Å². The van der Waals surface area contributed by atoms with Gasteiger partial charge < -0.3 is 10.0 Å². The van der Waals surface area contributed by atoms with E-state index >= 15 is 0 Å². The highest BCUT2D eigenvalue weighted by atomic mass is 32.2. The number of hydrogen-bond acceptors (Lipinski definition) is 5. The van der Waals surface area contributed by atoms with E-state index < -0.39 is 16.0 Å². The van der Waals surface area contributed by atoms with Crippen LogP contribution in [0.25, 0.3) is 0 Å². The number of aromatic nitrogens is 1. The van der Waals surface area contributed by atoms with Crippen LogP contribution in [0.1, 0.15) is 23.3 Å². The quantitative estimate of drug-likeness (QED) is 0.823. The van der Waals surface area contributed by atoms with Gasteiger partial charge in [-0.25, -0.2) is 22.9 Å². The molecule has 21 heavy (non-hydrogen) atoms. The minimum Gasteiger partial charge on any atom is -0.477 e. The van der Waals surface area contributed by atoms with Gasteiger partial charge >= 0.3 is 5.97 Å². The molecule has 1 saturated heterocycles. The van der Waals surface area contributed by atoms with E-state index in [0.29, 0.717) is 12.4 Å². The van der Waals surface area contributed by atoms with Crippen molar-refractivity contribution in [1.82, 2.24) is 9.71 Å². The van der Waals surface area contributed by atoms with E-state index in [9.17, 15) is 13.2 Å². The molecule has 8 heteroatoms. The number of rotatable bonds is 5. The van der Waals surface area contributed by atoms with Crippen molar-refractivity contribution < 1.29 is 18.3 Å². The summed E-state index contributed by atoms with van der Waals surface area (Å²) < 4.78 is 25.6. The average molecular weight is 313 g/mol. The number of carbonyl (C=O) groups is 1. The Bertz CT molecular complexity index is 618. The maximum Gasteiger partial charge on any atom is 0.354 e. The van der Waals surface area contributed by atoms with Crippen molar-refractivity contribution in [3.8, 4) is 0 Å². The highest BCUT2D eigenvalue weighted by molar-refractivity contribution is 7.89. The number of pyridine rings is 1. The maximum absolute atomic E-state index is 11.6. The second kappa shape index (κ2) is 6.40. The summed E-state index contributed by atoms with van der Waals surface area (Å²) in [5.41, 5.74) is -0.00234. The molecule has 0 saturated carbocycles. The molecule has 1 unspecified atom stereocenters. The molecule has 1 atom stereocenters. The van der Waals surface area contributed by atoms with Crippen LogP contribution < -0.4 is 9.62 Å². The highest BCUT2D eigenvalue weighted by Gasteiger charge is 2.25. The lowest BCUT2D eigenvalue weighted by molar-refractivity contribution is 0.0690. The van der Waals surface area contributed by atoms with Crippen LogP contribution in [0.3, 0.4) is 0 Å². The predicted octanol–water partition coefficient (Wildman–Crippen LogP) is 0.545. The molecule has 2 N–H and O–H groups in total. The Balaban J connectivity index is 2.10. The Hall–Kier alpha value is -1.67. The highest BCUT2D eigenvalue weighted by Crippen LogP contribution is 2.22. The minimum atomic E-state index is -3.24. The SMILES string of the molecule is CNS(=O)(=O)CC1CCCN(c2cccc(C(=O)O)n2)C1. The van der Waals surface area contributed by atoms with Gasteiger partial charge in [0.05, 0.1) is 5.75 Å². The first-order chi connectivity index (χ1) is 9.91. The summed E-state index contributed by atoms with van der Waals surface area (Å²) in [5, 5.41) is 8.98. The van der Waals surface area contributed by atoms with Crippen LogP contribution in [0, 0.1) is 5.92 Å². The Morgan fingerprint density at radius 2 is 2.29 bits per heavy atom. The number of anilines is 1. The molecule has 116 valence electrons. The number of hydrogen-bond donors (Lipinski definition) is 2. The van der Waals surface area contributed by atoms with Gasteiger partial charge in [-0.05, 0) is 37.9 Å². The minimum absolute atomic E-state index is 0.00234. The molecular formula is C13H19N3O4S. The van der Waals surface area contributed by atoms with Gasteiger partial charge in [0.25, 0.3) is 0 Å². The lowest BCUT2D eigenvalue weighted by Crippen LogP contribution is -2.40. The van der Waals surface area contributed by atoms with Gasteiger partial charge in [-0.15, -0.1) is 0 Å². The largest absolute Gasteiger partial charge is 0.477 e. The zero-order chi connectivity index (χ0) is 15.5. The monoisotopic (exact) mass is 313 g/mol. The molecule has 0 amide bonds. The molecule has 1 aliphatic heterocycles. The number of piperidine rings is 1. The zero-order valence-corrected chi connectivity index (χ0v) is 12.6. The first-order valence-corrected chi connectivity index (χ1v) is 8.43. The molecule has 0 bridgehead atoms. The molecule has 0 aromatic carbocycles. The third-order valence-electron chi connectivity index (χ3n) is 3.56. The molecule has 1 fully saturated rings. The van der Waals surface area contributed by atoms with Gasteiger partial charge in [0.1, 0.15) is 5.82 Å². The number of nitrogens with one attached hydrogen (secondary N) is 1. The zero-order valence-electron chi connectivity index (χ0n) is 11.8. The summed E-state index contributed by atoms with van der Waals surface area (Å²) >= 11 is 0. The molecule has 0 aliphatic carbocycles. The second-order valence-electron chi connectivity index (χ2n) is 5.13. The number of carboxylic acid groups (broad SMARTS) is 1. The van der Waals surface area contributed by atoms with Crippen LogP contribution in [0.5, 0.6) is 0 Å². The van der Waals surface area contributed by atoms with Crippen molar-refractivity contribution in [2.24, 2.45) is 5.92 Å². The van der Waals surface area contributed by atoms with Crippen molar-refractivity contribution in [2.45, 2.75) is 12.8 Å². The van der Waals surface area contributed by atoms with Crippen molar-refractivity contribution >= 4 is 21.8 Å². The van der Waals surface area contributed by atoms with Crippen molar-refractivity contribution in [2.75, 3.05) is 30.8 Å². The van der Waals surface area contributed by atoms with Gasteiger partial charge in [0, 0.05) is 13.1 Å². The number of sulfonamides is 1. The fourth-order valence-corrected chi connectivity index (χ4v) is 3.58. The van der Waals surface area contributed by atoms with Gasteiger partial charge in [-0.2, -0.15) is 0 Å². The number of aromatic carboxylic acids is 1. The van der Waals surface area contributed by atoms with Gasteiger partial charge in [-0.1, -0.05) is 6.07 Å².